The lowest BCUT2D eigenvalue weighted by atomic mass is 9.78. The zero-order valence-corrected chi connectivity index (χ0v) is 8.66. The number of thioether (sulfide) groups is 1. The molecule has 82 valence electrons. The van der Waals surface area contributed by atoms with Crippen molar-refractivity contribution >= 4 is 17.7 Å². The largest absolute Gasteiger partial charge is 0.481 e. The minimum atomic E-state index is -2.52. The summed E-state index contributed by atoms with van der Waals surface area (Å²) in [5.74, 6) is 0.511. The molecule has 1 fully saturated rings. The third-order valence-electron chi connectivity index (χ3n) is 2.67. The first-order valence-electron chi connectivity index (χ1n) is 4.66. The van der Waals surface area contributed by atoms with Gasteiger partial charge >= 0.3 is 5.97 Å². The summed E-state index contributed by atoms with van der Waals surface area (Å²) in [6, 6.07) is 0. The van der Waals surface area contributed by atoms with Crippen LogP contribution in [0.1, 0.15) is 25.7 Å². The van der Waals surface area contributed by atoms with E-state index in [0.29, 0.717) is 18.6 Å². The SMILES string of the molecule is O=C(O)C1(CC(F)F)CCCSCC1. The fraction of sp³-hybridized carbons (Fsp3) is 0.889. The number of carboxylic acid groups (broad SMARTS) is 1. The van der Waals surface area contributed by atoms with Crippen LogP contribution in [0.4, 0.5) is 8.78 Å². The van der Waals surface area contributed by atoms with Crippen molar-refractivity contribution in [1.29, 1.82) is 0 Å². The van der Waals surface area contributed by atoms with Crippen LogP contribution < -0.4 is 0 Å². The summed E-state index contributed by atoms with van der Waals surface area (Å²) in [7, 11) is 0. The van der Waals surface area contributed by atoms with E-state index in [4.69, 9.17) is 5.11 Å². The van der Waals surface area contributed by atoms with Crippen molar-refractivity contribution in [1.82, 2.24) is 0 Å². The zero-order valence-electron chi connectivity index (χ0n) is 7.84. The molecule has 1 atom stereocenters. The van der Waals surface area contributed by atoms with Gasteiger partial charge in [-0.3, -0.25) is 4.79 Å². The average Bonchev–Trinajstić information content (AvgIpc) is 2.29. The average molecular weight is 224 g/mol. The van der Waals surface area contributed by atoms with E-state index in [1.807, 2.05) is 0 Å². The van der Waals surface area contributed by atoms with Crippen molar-refractivity contribution < 1.29 is 18.7 Å². The molecule has 0 aromatic heterocycles. The van der Waals surface area contributed by atoms with Gasteiger partial charge in [-0.25, -0.2) is 8.78 Å². The Kier molecular flexibility index (Phi) is 4.16. The van der Waals surface area contributed by atoms with Crippen LogP contribution in [0.2, 0.25) is 0 Å². The number of hydrogen-bond donors (Lipinski definition) is 1. The molecule has 2 nitrogen and oxygen atoms in total. The van der Waals surface area contributed by atoms with Gasteiger partial charge in [-0.1, -0.05) is 0 Å². The van der Waals surface area contributed by atoms with E-state index >= 15 is 0 Å². The van der Waals surface area contributed by atoms with Crippen LogP contribution in [0, 0.1) is 5.41 Å². The fourth-order valence-corrected chi connectivity index (χ4v) is 2.90. The molecule has 1 aliphatic rings. The summed E-state index contributed by atoms with van der Waals surface area (Å²) in [6.07, 6.45) is -1.53. The maximum Gasteiger partial charge on any atom is 0.309 e. The molecule has 1 aliphatic heterocycles. The number of aliphatic carboxylic acids is 1. The fourth-order valence-electron chi connectivity index (χ4n) is 1.81. The van der Waals surface area contributed by atoms with Crippen LogP contribution >= 0.6 is 11.8 Å². The molecule has 1 saturated heterocycles. The Morgan fingerprint density at radius 3 is 2.71 bits per heavy atom. The molecule has 14 heavy (non-hydrogen) atoms. The van der Waals surface area contributed by atoms with E-state index in [2.05, 4.69) is 0 Å². The number of rotatable bonds is 3. The Morgan fingerprint density at radius 2 is 2.14 bits per heavy atom. The van der Waals surface area contributed by atoms with E-state index in [9.17, 15) is 13.6 Å². The number of hydrogen-bond acceptors (Lipinski definition) is 2. The molecule has 0 aromatic rings. The van der Waals surface area contributed by atoms with Crippen molar-refractivity contribution in [2.75, 3.05) is 11.5 Å². The third-order valence-corrected chi connectivity index (χ3v) is 3.74. The lowest BCUT2D eigenvalue weighted by molar-refractivity contribution is -0.152. The van der Waals surface area contributed by atoms with E-state index in [0.717, 1.165) is 12.2 Å². The highest BCUT2D eigenvalue weighted by molar-refractivity contribution is 7.99. The van der Waals surface area contributed by atoms with Crippen LogP contribution in [0.15, 0.2) is 0 Å². The number of carbonyl (C=O) groups is 1. The second-order valence-electron chi connectivity index (χ2n) is 3.65. The van der Waals surface area contributed by atoms with E-state index < -0.39 is 24.2 Å². The van der Waals surface area contributed by atoms with Crippen molar-refractivity contribution in [3.63, 3.8) is 0 Å². The zero-order chi connectivity index (χ0) is 10.6. The standard InChI is InChI=1S/C9H14F2O2S/c10-7(11)6-9(8(12)13)2-1-4-14-5-3-9/h7H,1-6H2,(H,12,13). The van der Waals surface area contributed by atoms with Gasteiger partial charge in [-0.2, -0.15) is 11.8 Å². The van der Waals surface area contributed by atoms with Crippen LogP contribution in [0.25, 0.3) is 0 Å². The quantitative estimate of drug-likeness (QED) is 0.800. The molecule has 0 saturated carbocycles. The van der Waals surface area contributed by atoms with Gasteiger partial charge in [0.15, 0.2) is 0 Å². The maximum atomic E-state index is 12.3. The Hall–Kier alpha value is -0.320. The molecular weight excluding hydrogens is 210 g/mol. The Balaban J connectivity index is 2.72. The predicted molar refractivity (Wildman–Crippen MR) is 51.9 cm³/mol. The Morgan fingerprint density at radius 1 is 1.43 bits per heavy atom. The van der Waals surface area contributed by atoms with Crippen LogP contribution in [0.3, 0.4) is 0 Å². The Labute approximate surface area is 86.1 Å². The molecule has 1 rings (SSSR count). The van der Waals surface area contributed by atoms with Gasteiger partial charge in [0, 0.05) is 6.42 Å². The van der Waals surface area contributed by atoms with Gasteiger partial charge in [0.25, 0.3) is 0 Å². The molecule has 1 N–H and O–H groups in total. The van der Waals surface area contributed by atoms with Gasteiger partial charge in [0.05, 0.1) is 5.41 Å². The van der Waals surface area contributed by atoms with Crippen LogP contribution in [0.5, 0.6) is 0 Å². The van der Waals surface area contributed by atoms with Gasteiger partial charge in [0.2, 0.25) is 6.43 Å². The second-order valence-corrected chi connectivity index (χ2v) is 4.87. The normalized spacial score (nSPS) is 28.8. The lowest BCUT2D eigenvalue weighted by Gasteiger charge is -2.27. The highest BCUT2D eigenvalue weighted by Gasteiger charge is 2.41. The summed E-state index contributed by atoms with van der Waals surface area (Å²) in [5, 5.41) is 9.02. The van der Waals surface area contributed by atoms with E-state index in [-0.39, 0.29) is 0 Å². The van der Waals surface area contributed by atoms with Gasteiger partial charge in [-0.05, 0) is 30.8 Å². The molecule has 0 amide bonds. The van der Waals surface area contributed by atoms with Crippen molar-refractivity contribution in [3.05, 3.63) is 0 Å². The minimum absolute atomic E-state index is 0.372. The van der Waals surface area contributed by atoms with Crippen molar-refractivity contribution in [3.8, 4) is 0 Å². The Bertz CT molecular complexity index is 201. The summed E-state index contributed by atoms with van der Waals surface area (Å²) in [4.78, 5) is 11.0. The maximum absolute atomic E-state index is 12.3. The molecule has 0 spiro atoms. The number of alkyl halides is 2. The highest BCUT2D eigenvalue weighted by atomic mass is 32.2. The monoisotopic (exact) mass is 224 g/mol. The van der Waals surface area contributed by atoms with Crippen LogP contribution in [-0.4, -0.2) is 29.0 Å². The first-order chi connectivity index (χ1) is 6.57. The molecule has 0 radical (unpaired) electrons. The first-order valence-corrected chi connectivity index (χ1v) is 5.82. The molecule has 0 aliphatic carbocycles. The van der Waals surface area contributed by atoms with E-state index in [1.54, 1.807) is 11.8 Å². The van der Waals surface area contributed by atoms with Gasteiger partial charge < -0.3 is 5.11 Å². The summed E-state index contributed by atoms with van der Waals surface area (Å²) in [6.45, 7) is 0. The van der Waals surface area contributed by atoms with Gasteiger partial charge in [-0.15, -0.1) is 0 Å². The van der Waals surface area contributed by atoms with E-state index in [1.165, 1.54) is 0 Å². The summed E-state index contributed by atoms with van der Waals surface area (Å²) < 4.78 is 24.6. The second kappa shape index (κ2) is 4.96. The minimum Gasteiger partial charge on any atom is -0.481 e. The molecule has 0 bridgehead atoms. The summed E-state index contributed by atoms with van der Waals surface area (Å²) >= 11 is 1.65. The third kappa shape index (κ3) is 2.83. The molecular formula is C9H14F2O2S. The smallest absolute Gasteiger partial charge is 0.309 e. The first kappa shape index (κ1) is 11.8. The molecule has 0 aromatic carbocycles. The van der Waals surface area contributed by atoms with Crippen molar-refractivity contribution in [2.24, 2.45) is 5.41 Å². The molecule has 5 heteroatoms. The van der Waals surface area contributed by atoms with Crippen LogP contribution in [-0.2, 0) is 4.79 Å². The number of halogens is 2. The topological polar surface area (TPSA) is 37.3 Å². The summed E-state index contributed by atoms with van der Waals surface area (Å²) in [5.41, 5.74) is -1.17. The number of carboxylic acids is 1. The van der Waals surface area contributed by atoms with Crippen molar-refractivity contribution in [2.45, 2.75) is 32.1 Å². The molecule has 1 heterocycles. The highest BCUT2D eigenvalue weighted by Crippen LogP contribution is 2.39. The predicted octanol–water partition coefficient (Wildman–Crippen LogP) is 2.63. The lowest BCUT2D eigenvalue weighted by Crippen LogP contribution is -2.33. The van der Waals surface area contributed by atoms with Gasteiger partial charge in [0.1, 0.15) is 0 Å². The molecule has 1 unspecified atom stereocenters.